The van der Waals surface area contributed by atoms with E-state index < -0.39 is 0 Å². The molecule has 17 heavy (non-hydrogen) atoms. The normalized spacial score (nSPS) is 15.4. The Labute approximate surface area is 105 Å². The molecule has 0 N–H and O–H groups in total. The van der Waals surface area contributed by atoms with Crippen LogP contribution in [0, 0.1) is 0 Å². The first-order valence-corrected chi connectivity index (χ1v) is 6.54. The molecule has 0 amide bonds. The Balaban J connectivity index is 2.13. The van der Waals surface area contributed by atoms with E-state index in [1.54, 1.807) is 0 Å². The molecule has 0 saturated carbocycles. The summed E-state index contributed by atoms with van der Waals surface area (Å²) in [5.41, 5.74) is 2.63. The van der Waals surface area contributed by atoms with Gasteiger partial charge in [0.05, 0.1) is 5.57 Å². The Morgan fingerprint density at radius 3 is 2.82 bits per heavy atom. The second-order valence-electron chi connectivity index (χ2n) is 4.35. The van der Waals surface area contributed by atoms with Crippen molar-refractivity contribution in [2.24, 2.45) is 7.05 Å². The fourth-order valence-electron chi connectivity index (χ4n) is 2.09. The summed E-state index contributed by atoms with van der Waals surface area (Å²) in [5, 5.41) is 1.33. The van der Waals surface area contributed by atoms with Gasteiger partial charge in [0.2, 0.25) is 5.52 Å². The molecule has 0 unspecified atom stereocenters. The first-order valence-electron chi connectivity index (χ1n) is 5.72. The van der Waals surface area contributed by atoms with E-state index >= 15 is 0 Å². The SMILES string of the molecule is CN1C=CC(c2sc3ccccc3[n+]2C)=CC1. The summed E-state index contributed by atoms with van der Waals surface area (Å²) in [6, 6.07) is 8.55. The van der Waals surface area contributed by atoms with Gasteiger partial charge in [0.15, 0.2) is 0 Å². The molecule has 0 aliphatic carbocycles. The number of rotatable bonds is 1. The molecule has 2 heterocycles. The van der Waals surface area contributed by atoms with Gasteiger partial charge in [-0.15, -0.1) is 0 Å². The van der Waals surface area contributed by atoms with Crippen LogP contribution in [0.2, 0.25) is 0 Å². The van der Waals surface area contributed by atoms with Crippen LogP contribution in [0.25, 0.3) is 15.8 Å². The van der Waals surface area contributed by atoms with Crippen molar-refractivity contribution >= 4 is 27.1 Å². The minimum Gasteiger partial charge on any atom is -0.377 e. The number of aryl methyl sites for hydroxylation is 1. The van der Waals surface area contributed by atoms with Crippen molar-refractivity contribution in [2.45, 2.75) is 0 Å². The molecular formula is C14H15N2S+. The molecule has 0 saturated heterocycles. The Morgan fingerprint density at radius 1 is 1.29 bits per heavy atom. The lowest BCUT2D eigenvalue weighted by Crippen LogP contribution is -2.30. The summed E-state index contributed by atoms with van der Waals surface area (Å²) in [6.45, 7) is 0.986. The smallest absolute Gasteiger partial charge is 0.269 e. The molecule has 1 aliphatic heterocycles. The fraction of sp³-hybridized carbons (Fsp3) is 0.214. The number of likely N-dealkylation sites (N-methyl/N-ethyl adjacent to an activating group) is 1. The molecule has 0 fully saturated rings. The van der Waals surface area contributed by atoms with E-state index in [4.69, 9.17) is 0 Å². The van der Waals surface area contributed by atoms with Crippen molar-refractivity contribution in [1.29, 1.82) is 0 Å². The average molecular weight is 243 g/mol. The topological polar surface area (TPSA) is 7.12 Å². The quantitative estimate of drug-likeness (QED) is 0.698. The van der Waals surface area contributed by atoms with Gasteiger partial charge in [-0.3, -0.25) is 0 Å². The number of para-hydroxylation sites is 1. The van der Waals surface area contributed by atoms with Gasteiger partial charge < -0.3 is 4.90 Å². The summed E-state index contributed by atoms with van der Waals surface area (Å²) >= 11 is 1.86. The van der Waals surface area contributed by atoms with E-state index in [0.29, 0.717) is 0 Å². The number of nitrogens with zero attached hydrogens (tertiary/aromatic N) is 2. The number of fused-ring (bicyclic) bond motifs is 1. The Kier molecular flexibility index (Phi) is 2.48. The zero-order valence-electron chi connectivity index (χ0n) is 10.1. The van der Waals surface area contributed by atoms with Crippen LogP contribution >= 0.6 is 11.3 Å². The first-order chi connectivity index (χ1) is 8.25. The minimum atomic E-state index is 0.986. The van der Waals surface area contributed by atoms with Gasteiger partial charge in [-0.2, -0.15) is 4.57 Å². The lowest BCUT2D eigenvalue weighted by molar-refractivity contribution is -0.642. The van der Waals surface area contributed by atoms with E-state index in [1.165, 1.54) is 20.8 Å². The van der Waals surface area contributed by atoms with Crippen LogP contribution in [-0.2, 0) is 7.05 Å². The van der Waals surface area contributed by atoms with Gasteiger partial charge in [-0.25, -0.2) is 0 Å². The van der Waals surface area contributed by atoms with Crippen LogP contribution in [0.4, 0.5) is 0 Å². The van der Waals surface area contributed by atoms with Gasteiger partial charge in [0.25, 0.3) is 5.01 Å². The predicted octanol–water partition coefficient (Wildman–Crippen LogP) is 2.57. The lowest BCUT2D eigenvalue weighted by Gasteiger charge is -2.15. The molecule has 3 heteroatoms. The number of allylic oxidation sites excluding steroid dienone is 2. The van der Waals surface area contributed by atoms with Crippen LogP contribution in [0.5, 0.6) is 0 Å². The number of hydrogen-bond donors (Lipinski definition) is 0. The summed E-state index contributed by atoms with van der Waals surface area (Å²) in [5.74, 6) is 0. The molecule has 3 rings (SSSR count). The van der Waals surface area contributed by atoms with Gasteiger partial charge in [0, 0.05) is 19.7 Å². The number of aromatic nitrogens is 1. The highest BCUT2D eigenvalue weighted by Gasteiger charge is 2.19. The van der Waals surface area contributed by atoms with Crippen molar-refractivity contribution in [1.82, 2.24) is 4.90 Å². The van der Waals surface area contributed by atoms with Crippen molar-refractivity contribution in [3.8, 4) is 0 Å². The maximum Gasteiger partial charge on any atom is 0.269 e. The predicted molar refractivity (Wildman–Crippen MR) is 72.7 cm³/mol. The van der Waals surface area contributed by atoms with Crippen LogP contribution in [0.15, 0.2) is 42.6 Å². The third-order valence-electron chi connectivity index (χ3n) is 3.09. The monoisotopic (exact) mass is 243 g/mol. The molecule has 1 aromatic carbocycles. The Morgan fingerprint density at radius 2 is 2.12 bits per heavy atom. The fourth-order valence-corrected chi connectivity index (χ4v) is 3.26. The molecule has 2 aromatic rings. The number of hydrogen-bond acceptors (Lipinski definition) is 2. The highest BCUT2D eigenvalue weighted by atomic mass is 32.1. The van der Waals surface area contributed by atoms with Crippen LogP contribution < -0.4 is 4.57 Å². The van der Waals surface area contributed by atoms with Crippen molar-refractivity contribution < 1.29 is 4.57 Å². The second-order valence-corrected chi connectivity index (χ2v) is 5.38. The molecule has 1 aliphatic rings. The molecule has 86 valence electrons. The molecule has 0 spiro atoms. The zero-order valence-corrected chi connectivity index (χ0v) is 10.9. The van der Waals surface area contributed by atoms with Gasteiger partial charge >= 0.3 is 0 Å². The average Bonchev–Trinajstić information content (AvgIpc) is 2.69. The van der Waals surface area contributed by atoms with E-state index in [9.17, 15) is 0 Å². The standard InChI is InChI=1S/C14H15N2S/c1-15-9-7-11(8-10-15)14-16(2)12-5-3-4-6-13(12)17-14/h3-9H,10H2,1-2H3/q+1. The van der Waals surface area contributed by atoms with Crippen molar-refractivity contribution in [3.63, 3.8) is 0 Å². The van der Waals surface area contributed by atoms with E-state index in [-0.39, 0.29) is 0 Å². The lowest BCUT2D eigenvalue weighted by atomic mass is 10.2. The van der Waals surface area contributed by atoms with Crippen LogP contribution in [-0.4, -0.2) is 18.5 Å². The molecular weight excluding hydrogens is 228 g/mol. The van der Waals surface area contributed by atoms with E-state index in [2.05, 4.69) is 66.2 Å². The summed E-state index contributed by atoms with van der Waals surface area (Å²) in [6.07, 6.45) is 6.61. The zero-order chi connectivity index (χ0) is 11.8. The van der Waals surface area contributed by atoms with Gasteiger partial charge in [-0.05, 0) is 18.3 Å². The van der Waals surface area contributed by atoms with Gasteiger partial charge in [0.1, 0.15) is 11.7 Å². The molecule has 1 aromatic heterocycles. The summed E-state index contributed by atoms with van der Waals surface area (Å²) in [4.78, 5) is 2.18. The van der Waals surface area contributed by atoms with E-state index in [1.807, 2.05) is 11.3 Å². The van der Waals surface area contributed by atoms with Crippen molar-refractivity contribution in [3.05, 3.63) is 47.6 Å². The second kappa shape index (κ2) is 4.00. The molecule has 0 bridgehead atoms. The number of benzene rings is 1. The highest BCUT2D eigenvalue weighted by molar-refractivity contribution is 7.19. The van der Waals surface area contributed by atoms with Crippen LogP contribution in [0.1, 0.15) is 5.01 Å². The Hall–Kier alpha value is -1.61. The third kappa shape index (κ3) is 1.76. The Bertz CT molecular complexity index is 622. The molecule has 0 radical (unpaired) electrons. The molecule has 0 atom stereocenters. The highest BCUT2D eigenvalue weighted by Crippen LogP contribution is 2.26. The summed E-state index contributed by atoms with van der Waals surface area (Å²) < 4.78 is 3.62. The minimum absolute atomic E-state index is 0.986. The van der Waals surface area contributed by atoms with E-state index in [0.717, 1.165) is 6.54 Å². The maximum absolute atomic E-state index is 2.28. The first kappa shape index (κ1) is 10.5. The van der Waals surface area contributed by atoms with Gasteiger partial charge in [-0.1, -0.05) is 29.5 Å². The van der Waals surface area contributed by atoms with Crippen LogP contribution in [0.3, 0.4) is 0 Å². The van der Waals surface area contributed by atoms with Crippen molar-refractivity contribution in [2.75, 3.05) is 13.6 Å². The third-order valence-corrected chi connectivity index (χ3v) is 4.36. The maximum atomic E-state index is 2.28. The summed E-state index contributed by atoms with van der Waals surface area (Å²) in [7, 11) is 4.23. The number of thiazole rings is 1. The molecule has 2 nitrogen and oxygen atoms in total. The largest absolute Gasteiger partial charge is 0.377 e.